The van der Waals surface area contributed by atoms with Crippen LogP contribution < -0.4 is 5.32 Å². The van der Waals surface area contributed by atoms with Crippen LogP contribution in [0.15, 0.2) is 22.7 Å². The quantitative estimate of drug-likeness (QED) is 0.876. The van der Waals surface area contributed by atoms with E-state index in [0.29, 0.717) is 19.8 Å². The number of amides is 1. The molecule has 27 heavy (non-hydrogen) atoms. The third-order valence-corrected chi connectivity index (χ3v) is 5.60. The molecule has 0 bridgehead atoms. The molecule has 2 unspecified atom stereocenters. The lowest BCUT2D eigenvalue weighted by molar-refractivity contribution is -0.0739. The molecule has 144 valence electrons. The van der Waals surface area contributed by atoms with Crippen LogP contribution in [0.3, 0.4) is 0 Å². The molecular weight excluding hydrogens is 344 g/mol. The van der Waals surface area contributed by atoms with Gasteiger partial charge in [-0.1, -0.05) is 11.2 Å². The Morgan fingerprint density at radius 2 is 2.15 bits per heavy atom. The molecule has 0 spiro atoms. The van der Waals surface area contributed by atoms with Crippen molar-refractivity contribution in [1.29, 1.82) is 0 Å². The maximum absolute atomic E-state index is 12.8. The van der Waals surface area contributed by atoms with Gasteiger partial charge in [0, 0.05) is 17.7 Å². The summed E-state index contributed by atoms with van der Waals surface area (Å²) >= 11 is 0. The monoisotopic (exact) mass is 370 g/mol. The van der Waals surface area contributed by atoms with Crippen LogP contribution >= 0.6 is 0 Å². The molecular formula is C21H26N2O4. The molecule has 1 N–H and O–H groups in total. The molecule has 1 aromatic carbocycles. The second kappa shape index (κ2) is 7.82. The number of nitrogens with zero attached hydrogens (tertiary/aromatic N) is 1. The molecule has 2 aromatic rings. The average Bonchev–Trinajstić information content (AvgIpc) is 3.27. The van der Waals surface area contributed by atoms with Crippen LogP contribution in [0.25, 0.3) is 0 Å². The molecule has 6 heteroatoms. The van der Waals surface area contributed by atoms with Crippen molar-refractivity contribution in [2.45, 2.75) is 58.3 Å². The maximum atomic E-state index is 12.8. The molecule has 4 rings (SSSR count). The predicted octanol–water partition coefficient (Wildman–Crippen LogP) is 2.88. The Morgan fingerprint density at radius 1 is 1.30 bits per heavy atom. The molecule has 1 aromatic heterocycles. The molecule has 1 fully saturated rings. The zero-order valence-electron chi connectivity index (χ0n) is 15.9. The number of ether oxygens (including phenoxy) is 2. The SMILES string of the molecule is Cc1noc(C)c1COC1COCCC1NC(=O)c1ccc2c(c1)CCC2. The van der Waals surface area contributed by atoms with Crippen molar-refractivity contribution in [2.24, 2.45) is 0 Å². The lowest BCUT2D eigenvalue weighted by atomic mass is 10.0. The maximum Gasteiger partial charge on any atom is 0.251 e. The molecule has 1 amide bonds. The largest absolute Gasteiger partial charge is 0.379 e. The summed E-state index contributed by atoms with van der Waals surface area (Å²) in [5.74, 6) is 0.727. The predicted molar refractivity (Wildman–Crippen MR) is 99.7 cm³/mol. The van der Waals surface area contributed by atoms with Gasteiger partial charge in [-0.15, -0.1) is 0 Å². The fourth-order valence-corrected chi connectivity index (χ4v) is 3.90. The van der Waals surface area contributed by atoms with Crippen molar-refractivity contribution in [3.63, 3.8) is 0 Å². The minimum Gasteiger partial charge on any atom is -0.379 e. The Bertz CT molecular complexity index is 810. The van der Waals surface area contributed by atoms with Crippen LogP contribution in [0.4, 0.5) is 0 Å². The first kappa shape index (κ1) is 18.2. The summed E-state index contributed by atoms with van der Waals surface area (Å²) in [4.78, 5) is 12.8. The highest BCUT2D eigenvalue weighted by Crippen LogP contribution is 2.23. The van der Waals surface area contributed by atoms with E-state index in [4.69, 9.17) is 14.0 Å². The van der Waals surface area contributed by atoms with E-state index < -0.39 is 0 Å². The van der Waals surface area contributed by atoms with E-state index in [9.17, 15) is 4.79 Å². The Balaban J connectivity index is 1.40. The van der Waals surface area contributed by atoms with Crippen molar-refractivity contribution >= 4 is 5.91 Å². The summed E-state index contributed by atoms with van der Waals surface area (Å²) in [7, 11) is 0. The Labute approximate surface area is 159 Å². The summed E-state index contributed by atoms with van der Waals surface area (Å²) in [5.41, 5.74) is 5.21. The highest BCUT2D eigenvalue weighted by Gasteiger charge is 2.29. The summed E-state index contributed by atoms with van der Waals surface area (Å²) < 4.78 is 16.8. The van der Waals surface area contributed by atoms with Gasteiger partial charge in [-0.3, -0.25) is 4.79 Å². The van der Waals surface area contributed by atoms with Crippen molar-refractivity contribution in [2.75, 3.05) is 13.2 Å². The molecule has 1 aliphatic heterocycles. The van der Waals surface area contributed by atoms with Gasteiger partial charge in [0.1, 0.15) is 11.9 Å². The Kier molecular flexibility index (Phi) is 5.27. The number of aryl methyl sites for hydroxylation is 4. The van der Waals surface area contributed by atoms with Crippen LogP contribution in [0.5, 0.6) is 0 Å². The average molecular weight is 370 g/mol. The van der Waals surface area contributed by atoms with E-state index >= 15 is 0 Å². The highest BCUT2D eigenvalue weighted by molar-refractivity contribution is 5.94. The van der Waals surface area contributed by atoms with Crippen molar-refractivity contribution < 1.29 is 18.8 Å². The Hall–Kier alpha value is -2.18. The molecule has 1 saturated heterocycles. The summed E-state index contributed by atoms with van der Waals surface area (Å²) in [6.07, 6.45) is 3.91. The topological polar surface area (TPSA) is 73.6 Å². The van der Waals surface area contributed by atoms with Crippen LogP contribution in [-0.2, 0) is 28.9 Å². The lowest BCUT2D eigenvalue weighted by Crippen LogP contribution is -2.50. The van der Waals surface area contributed by atoms with Gasteiger partial charge in [0.15, 0.2) is 0 Å². The second-order valence-electron chi connectivity index (χ2n) is 7.43. The smallest absolute Gasteiger partial charge is 0.251 e. The molecule has 0 radical (unpaired) electrons. The number of hydrogen-bond acceptors (Lipinski definition) is 5. The van der Waals surface area contributed by atoms with E-state index in [1.54, 1.807) is 0 Å². The van der Waals surface area contributed by atoms with Crippen molar-refractivity contribution in [3.8, 4) is 0 Å². The van der Waals surface area contributed by atoms with Gasteiger partial charge < -0.3 is 19.3 Å². The number of aromatic nitrogens is 1. The highest BCUT2D eigenvalue weighted by atomic mass is 16.5. The number of carbonyl (C=O) groups is 1. The molecule has 6 nitrogen and oxygen atoms in total. The lowest BCUT2D eigenvalue weighted by Gasteiger charge is -2.32. The standard InChI is InChI=1S/C21H26N2O4/c1-13-18(14(2)27-23-13)11-26-20-12-25-9-8-19(20)22-21(24)17-7-6-15-4-3-5-16(15)10-17/h6-7,10,19-20H,3-5,8-9,11-12H2,1-2H3,(H,22,24). The number of nitrogens with one attached hydrogen (secondary N) is 1. The van der Waals surface area contributed by atoms with Gasteiger partial charge in [-0.05, 0) is 62.8 Å². The first-order valence-corrected chi connectivity index (χ1v) is 9.65. The normalized spacial score (nSPS) is 21.9. The molecule has 2 atom stereocenters. The second-order valence-corrected chi connectivity index (χ2v) is 7.43. The van der Waals surface area contributed by atoms with Gasteiger partial charge in [0.05, 0.1) is 24.9 Å². The van der Waals surface area contributed by atoms with E-state index in [0.717, 1.165) is 41.8 Å². The molecule has 1 aliphatic carbocycles. The third kappa shape index (κ3) is 3.92. The van der Waals surface area contributed by atoms with Gasteiger partial charge in [0.25, 0.3) is 5.91 Å². The zero-order valence-corrected chi connectivity index (χ0v) is 15.9. The Morgan fingerprint density at radius 3 is 2.96 bits per heavy atom. The van der Waals surface area contributed by atoms with Crippen molar-refractivity contribution in [1.82, 2.24) is 10.5 Å². The summed E-state index contributed by atoms with van der Waals surface area (Å²) in [6.45, 7) is 5.28. The fraction of sp³-hybridized carbons (Fsp3) is 0.524. The zero-order chi connectivity index (χ0) is 18.8. The number of hydrogen-bond donors (Lipinski definition) is 1. The number of benzene rings is 1. The van der Waals surface area contributed by atoms with Crippen LogP contribution in [0.2, 0.25) is 0 Å². The van der Waals surface area contributed by atoms with E-state index in [1.165, 1.54) is 17.5 Å². The first-order valence-electron chi connectivity index (χ1n) is 9.65. The summed E-state index contributed by atoms with van der Waals surface area (Å²) in [6, 6.07) is 5.99. The minimum atomic E-state index is -0.189. The van der Waals surface area contributed by atoms with Gasteiger partial charge >= 0.3 is 0 Å². The number of carbonyl (C=O) groups excluding carboxylic acids is 1. The van der Waals surface area contributed by atoms with Gasteiger partial charge in [-0.25, -0.2) is 0 Å². The summed E-state index contributed by atoms with van der Waals surface area (Å²) in [5, 5.41) is 7.11. The van der Waals surface area contributed by atoms with Gasteiger partial charge in [-0.2, -0.15) is 0 Å². The molecule has 2 heterocycles. The van der Waals surface area contributed by atoms with Gasteiger partial charge in [0.2, 0.25) is 0 Å². The fourth-order valence-electron chi connectivity index (χ4n) is 3.90. The number of fused-ring (bicyclic) bond motifs is 1. The van der Waals surface area contributed by atoms with Crippen LogP contribution in [0.1, 0.15) is 51.3 Å². The number of rotatable bonds is 5. The van der Waals surface area contributed by atoms with Crippen LogP contribution in [-0.4, -0.2) is 36.4 Å². The molecule has 2 aliphatic rings. The van der Waals surface area contributed by atoms with E-state index in [1.807, 2.05) is 26.0 Å². The third-order valence-electron chi connectivity index (χ3n) is 5.60. The van der Waals surface area contributed by atoms with Crippen molar-refractivity contribution in [3.05, 3.63) is 51.9 Å². The minimum absolute atomic E-state index is 0.0393. The van der Waals surface area contributed by atoms with E-state index in [-0.39, 0.29) is 18.1 Å². The van der Waals surface area contributed by atoms with E-state index in [2.05, 4.69) is 16.5 Å². The van der Waals surface area contributed by atoms with Crippen LogP contribution in [0, 0.1) is 13.8 Å². The first-order chi connectivity index (χ1) is 13.1. The molecule has 0 saturated carbocycles.